The minimum Gasteiger partial charge on any atom is -0.378 e. The molecule has 0 bridgehead atoms. The number of ether oxygens (including phenoxy) is 1. The third-order valence-electron chi connectivity index (χ3n) is 4.16. The highest BCUT2D eigenvalue weighted by molar-refractivity contribution is 7.89. The normalized spacial score (nSPS) is 15.1. The molecule has 1 aromatic carbocycles. The first-order chi connectivity index (χ1) is 12.9. The maximum Gasteiger partial charge on any atom is 0.285 e. The van der Waals surface area contributed by atoms with Gasteiger partial charge in [-0.2, -0.15) is 0 Å². The zero-order valence-electron chi connectivity index (χ0n) is 15.1. The summed E-state index contributed by atoms with van der Waals surface area (Å²) in [4.78, 5) is 20.7. The van der Waals surface area contributed by atoms with Gasteiger partial charge in [0.2, 0.25) is 0 Å². The second kappa shape index (κ2) is 8.34. The lowest BCUT2D eigenvalue weighted by atomic mass is 10.0. The minimum atomic E-state index is -3.85. The summed E-state index contributed by atoms with van der Waals surface area (Å²) in [5.41, 5.74) is 3.42. The summed E-state index contributed by atoms with van der Waals surface area (Å²) in [6.45, 7) is 6.73. The van der Waals surface area contributed by atoms with Crippen LogP contribution in [-0.4, -0.2) is 45.6 Å². The van der Waals surface area contributed by atoms with Gasteiger partial charge in [0.05, 0.1) is 18.1 Å². The molecule has 0 unspecified atom stereocenters. The van der Waals surface area contributed by atoms with Crippen LogP contribution in [-0.2, 0) is 14.8 Å². The Labute approximate surface area is 162 Å². The number of hydrogen-bond acceptors (Lipinski definition) is 7. The molecule has 1 aliphatic rings. The Hall–Kier alpha value is -2.01. The molecule has 1 aromatic heterocycles. The number of thiazole rings is 1. The molecule has 0 saturated carbocycles. The molecule has 1 saturated heterocycles. The molecular weight excluding hydrogens is 388 g/mol. The fourth-order valence-electron chi connectivity index (χ4n) is 2.54. The SMILES string of the molecule is CC(C)c1ccc(S(=O)(=O)NNC(=O)c2csc(N3CCOCC3)n2)cc1. The summed E-state index contributed by atoms with van der Waals surface area (Å²) >= 11 is 1.34. The second-order valence-electron chi connectivity index (χ2n) is 6.40. The molecule has 8 nitrogen and oxygen atoms in total. The Morgan fingerprint density at radius 3 is 2.52 bits per heavy atom. The number of amides is 1. The number of hydrazine groups is 1. The second-order valence-corrected chi connectivity index (χ2v) is 8.92. The van der Waals surface area contributed by atoms with Gasteiger partial charge in [-0.15, -0.1) is 16.2 Å². The van der Waals surface area contributed by atoms with Crippen LogP contribution >= 0.6 is 11.3 Å². The van der Waals surface area contributed by atoms with Crippen molar-refractivity contribution in [2.45, 2.75) is 24.7 Å². The predicted octanol–water partition coefficient (Wildman–Crippen LogP) is 1.73. The van der Waals surface area contributed by atoms with Gasteiger partial charge in [0.25, 0.3) is 15.9 Å². The first-order valence-corrected chi connectivity index (χ1v) is 10.9. The number of nitrogens with zero attached hydrogens (tertiary/aromatic N) is 2. The average molecular weight is 411 g/mol. The van der Waals surface area contributed by atoms with E-state index in [0.29, 0.717) is 32.2 Å². The predicted molar refractivity (Wildman–Crippen MR) is 103 cm³/mol. The third-order valence-corrected chi connectivity index (χ3v) is 6.33. The average Bonchev–Trinajstić information content (AvgIpc) is 3.17. The van der Waals surface area contributed by atoms with Gasteiger partial charge in [0, 0.05) is 18.5 Å². The smallest absolute Gasteiger partial charge is 0.285 e. The van der Waals surface area contributed by atoms with Crippen LogP contribution in [0.2, 0.25) is 0 Å². The van der Waals surface area contributed by atoms with Gasteiger partial charge in [0.15, 0.2) is 5.13 Å². The number of morpholine rings is 1. The van der Waals surface area contributed by atoms with E-state index >= 15 is 0 Å². The molecule has 3 rings (SSSR count). The number of hydrogen-bond donors (Lipinski definition) is 2. The first-order valence-electron chi connectivity index (χ1n) is 8.57. The fourth-order valence-corrected chi connectivity index (χ4v) is 4.24. The molecule has 0 spiro atoms. The summed E-state index contributed by atoms with van der Waals surface area (Å²) in [5.74, 6) is -0.298. The summed E-state index contributed by atoms with van der Waals surface area (Å²) in [6.07, 6.45) is 0. The molecule has 146 valence electrons. The van der Waals surface area contributed by atoms with Crippen molar-refractivity contribution in [3.8, 4) is 0 Å². The molecule has 1 fully saturated rings. The standard InChI is InChI=1S/C17H22N4O4S2/c1-12(2)13-3-5-14(6-4-13)27(23,24)20-19-16(22)15-11-26-17(18-15)21-7-9-25-10-8-21/h3-6,11-12,20H,7-10H2,1-2H3,(H,19,22). The summed E-state index contributed by atoms with van der Waals surface area (Å²) < 4.78 is 30.0. The largest absolute Gasteiger partial charge is 0.378 e. The van der Waals surface area contributed by atoms with E-state index in [-0.39, 0.29) is 10.6 Å². The Morgan fingerprint density at radius 2 is 1.89 bits per heavy atom. The summed E-state index contributed by atoms with van der Waals surface area (Å²) in [7, 11) is -3.85. The van der Waals surface area contributed by atoms with E-state index in [4.69, 9.17) is 4.74 Å². The van der Waals surface area contributed by atoms with E-state index in [0.717, 1.165) is 10.7 Å². The van der Waals surface area contributed by atoms with Crippen molar-refractivity contribution in [2.24, 2.45) is 0 Å². The monoisotopic (exact) mass is 410 g/mol. The van der Waals surface area contributed by atoms with Gasteiger partial charge in [-0.25, -0.2) is 13.4 Å². The van der Waals surface area contributed by atoms with E-state index in [9.17, 15) is 13.2 Å². The van der Waals surface area contributed by atoms with Gasteiger partial charge in [-0.1, -0.05) is 26.0 Å². The minimum absolute atomic E-state index is 0.0829. The number of benzene rings is 1. The molecule has 2 N–H and O–H groups in total. The van der Waals surface area contributed by atoms with Crippen molar-refractivity contribution in [2.75, 3.05) is 31.2 Å². The first kappa shape index (κ1) is 19.7. The van der Waals surface area contributed by atoms with Crippen molar-refractivity contribution in [3.63, 3.8) is 0 Å². The van der Waals surface area contributed by atoms with Crippen molar-refractivity contribution >= 4 is 32.4 Å². The van der Waals surface area contributed by atoms with Crippen LogP contribution in [0, 0.1) is 0 Å². The Kier molecular flexibility index (Phi) is 6.10. The van der Waals surface area contributed by atoms with E-state index in [1.807, 2.05) is 18.7 Å². The maximum absolute atomic E-state index is 12.3. The lowest BCUT2D eigenvalue weighted by Gasteiger charge is -2.25. The number of nitrogens with one attached hydrogen (secondary N) is 2. The highest BCUT2D eigenvalue weighted by Crippen LogP contribution is 2.21. The Balaban J connectivity index is 1.61. The fraction of sp³-hybridized carbons (Fsp3) is 0.412. The molecule has 2 heterocycles. The van der Waals surface area contributed by atoms with Crippen LogP contribution < -0.4 is 15.2 Å². The van der Waals surface area contributed by atoms with Gasteiger partial charge in [-0.3, -0.25) is 10.2 Å². The maximum atomic E-state index is 12.3. The van der Waals surface area contributed by atoms with Crippen molar-refractivity contribution in [1.82, 2.24) is 15.2 Å². The molecule has 2 aromatic rings. The molecule has 0 atom stereocenters. The van der Waals surface area contributed by atoms with Crippen LogP contribution in [0.4, 0.5) is 5.13 Å². The van der Waals surface area contributed by atoms with Crippen LogP contribution in [0.5, 0.6) is 0 Å². The van der Waals surface area contributed by atoms with Gasteiger partial charge in [0.1, 0.15) is 5.69 Å². The number of carbonyl (C=O) groups is 1. The van der Waals surface area contributed by atoms with Gasteiger partial charge in [-0.05, 0) is 23.6 Å². The topological polar surface area (TPSA) is 101 Å². The molecular formula is C17H22N4O4S2. The number of sulfonamides is 1. The lowest BCUT2D eigenvalue weighted by molar-refractivity contribution is 0.0940. The van der Waals surface area contributed by atoms with Crippen LogP contribution in [0.1, 0.15) is 35.8 Å². The summed E-state index contributed by atoms with van der Waals surface area (Å²) in [5, 5.41) is 2.32. The van der Waals surface area contributed by atoms with Crippen LogP contribution in [0.3, 0.4) is 0 Å². The molecule has 1 aliphatic heterocycles. The number of aromatic nitrogens is 1. The molecule has 27 heavy (non-hydrogen) atoms. The van der Waals surface area contributed by atoms with Crippen LogP contribution in [0.25, 0.3) is 0 Å². The Morgan fingerprint density at radius 1 is 1.22 bits per heavy atom. The molecule has 0 aliphatic carbocycles. The van der Waals surface area contributed by atoms with Crippen LogP contribution in [0.15, 0.2) is 34.5 Å². The van der Waals surface area contributed by atoms with Crippen molar-refractivity contribution in [1.29, 1.82) is 0 Å². The van der Waals surface area contributed by atoms with E-state index < -0.39 is 15.9 Å². The summed E-state index contributed by atoms with van der Waals surface area (Å²) in [6, 6.07) is 6.55. The quantitative estimate of drug-likeness (QED) is 0.704. The third kappa shape index (κ3) is 4.83. The number of rotatable bonds is 6. The van der Waals surface area contributed by atoms with Crippen molar-refractivity contribution < 1.29 is 17.9 Å². The molecule has 1 amide bonds. The van der Waals surface area contributed by atoms with E-state index in [1.165, 1.54) is 23.5 Å². The lowest BCUT2D eigenvalue weighted by Crippen LogP contribution is -2.41. The van der Waals surface area contributed by atoms with E-state index in [1.54, 1.807) is 17.5 Å². The molecule has 10 heteroatoms. The van der Waals surface area contributed by atoms with Gasteiger partial charge < -0.3 is 9.64 Å². The molecule has 0 radical (unpaired) electrons. The Bertz CT molecular complexity index is 888. The number of anilines is 1. The number of carbonyl (C=O) groups excluding carboxylic acids is 1. The van der Waals surface area contributed by atoms with Crippen molar-refractivity contribution in [3.05, 3.63) is 40.9 Å². The highest BCUT2D eigenvalue weighted by Gasteiger charge is 2.20. The highest BCUT2D eigenvalue weighted by atomic mass is 32.2. The van der Waals surface area contributed by atoms with E-state index in [2.05, 4.69) is 15.2 Å². The van der Waals surface area contributed by atoms with Gasteiger partial charge >= 0.3 is 0 Å². The zero-order chi connectivity index (χ0) is 19.4. The zero-order valence-corrected chi connectivity index (χ0v) is 16.8.